The van der Waals surface area contributed by atoms with Gasteiger partial charge in [0.2, 0.25) is 0 Å². The van der Waals surface area contributed by atoms with E-state index in [1.165, 1.54) is 6.07 Å². The lowest BCUT2D eigenvalue weighted by molar-refractivity contribution is 0.0925. The number of nitrogens with one attached hydrogen (secondary N) is 1. The van der Waals surface area contributed by atoms with E-state index in [0.29, 0.717) is 43.9 Å². The molecule has 1 N–H and O–H groups in total. The molecule has 0 atom stereocenters. The summed E-state index contributed by atoms with van der Waals surface area (Å²) in [5.41, 5.74) is 2.01. The summed E-state index contributed by atoms with van der Waals surface area (Å²) in [7, 11) is 0. The van der Waals surface area contributed by atoms with E-state index in [1.807, 2.05) is 0 Å². The molecule has 0 radical (unpaired) electrons. The van der Waals surface area contributed by atoms with Gasteiger partial charge < -0.3 is 9.73 Å². The van der Waals surface area contributed by atoms with Crippen LogP contribution in [0.5, 0.6) is 0 Å². The number of nitrogens with zero attached hydrogens (tertiary/aromatic N) is 1. The molecule has 1 aliphatic rings. The number of hydrogen-bond acceptors (Lipinski definition) is 4. The molecule has 1 aliphatic heterocycles. The largest absolute Gasteiger partial charge is 0.451 e. The number of rotatable bonds is 4. The number of hydrogen-bond donors (Lipinski definition) is 1. The Morgan fingerprint density at radius 1 is 0.788 bits per heavy atom. The average Bonchev–Trinajstić information content (AvgIpc) is 3.40. The zero-order valence-electron chi connectivity index (χ0n) is 16.8. The smallest absolute Gasteiger partial charge is 0.291 e. The van der Waals surface area contributed by atoms with Crippen LogP contribution in [-0.2, 0) is 0 Å². The highest BCUT2D eigenvalue weighted by atomic mass is 35.5. The van der Waals surface area contributed by atoms with E-state index in [-0.39, 0.29) is 5.76 Å². The fourth-order valence-electron chi connectivity index (χ4n) is 3.63. The van der Waals surface area contributed by atoms with Crippen LogP contribution in [0.15, 0.2) is 83.3 Å². The lowest BCUT2D eigenvalue weighted by Gasteiger charge is -2.15. The zero-order chi connectivity index (χ0) is 23.1. The van der Waals surface area contributed by atoms with Gasteiger partial charge in [-0.1, -0.05) is 41.4 Å². The first kappa shape index (κ1) is 21.0. The number of halogens is 2. The molecule has 0 bridgehead atoms. The maximum Gasteiger partial charge on any atom is 0.291 e. The third-order valence-corrected chi connectivity index (χ3v) is 5.74. The van der Waals surface area contributed by atoms with Crippen molar-refractivity contribution in [2.75, 3.05) is 10.2 Å². The summed E-state index contributed by atoms with van der Waals surface area (Å²) < 4.78 is 5.67. The van der Waals surface area contributed by atoms with Gasteiger partial charge in [-0.2, -0.15) is 0 Å². The molecule has 3 amide bonds. The Labute approximate surface area is 198 Å². The third kappa shape index (κ3) is 3.80. The van der Waals surface area contributed by atoms with Crippen molar-refractivity contribution in [1.82, 2.24) is 0 Å². The number of furan rings is 1. The van der Waals surface area contributed by atoms with Crippen molar-refractivity contribution in [3.05, 3.63) is 106 Å². The van der Waals surface area contributed by atoms with Crippen molar-refractivity contribution in [1.29, 1.82) is 0 Å². The van der Waals surface area contributed by atoms with Crippen molar-refractivity contribution in [2.24, 2.45) is 0 Å². The molecule has 5 rings (SSSR count). The van der Waals surface area contributed by atoms with Crippen molar-refractivity contribution >= 4 is 52.3 Å². The average molecular weight is 477 g/mol. The summed E-state index contributed by atoms with van der Waals surface area (Å²) in [6, 6.07) is 21.2. The highest BCUT2D eigenvalue weighted by Gasteiger charge is 2.36. The zero-order valence-corrected chi connectivity index (χ0v) is 18.4. The second-order valence-corrected chi connectivity index (χ2v) is 8.13. The predicted molar refractivity (Wildman–Crippen MR) is 126 cm³/mol. The summed E-state index contributed by atoms with van der Waals surface area (Å²) in [4.78, 5) is 39.3. The molecule has 2 heterocycles. The number of imide groups is 1. The number of fused-ring (bicyclic) bond motifs is 1. The van der Waals surface area contributed by atoms with Crippen LogP contribution >= 0.6 is 23.2 Å². The van der Waals surface area contributed by atoms with E-state index in [4.69, 9.17) is 27.6 Å². The van der Waals surface area contributed by atoms with Crippen LogP contribution < -0.4 is 10.2 Å². The molecule has 33 heavy (non-hydrogen) atoms. The Morgan fingerprint density at radius 2 is 1.52 bits per heavy atom. The quantitative estimate of drug-likeness (QED) is 0.350. The van der Waals surface area contributed by atoms with Gasteiger partial charge in [-0.05, 0) is 60.7 Å². The standard InChI is InChI=1S/C25H14Cl2N2O4/c26-14-8-9-20(27)19(12-14)21-10-11-22(33-21)23(30)28-15-4-3-5-16(13-15)29-24(31)17-6-1-2-7-18(17)25(29)32/h1-13H,(H,28,30). The van der Waals surface area contributed by atoms with Crippen LogP contribution in [0.25, 0.3) is 11.3 Å². The van der Waals surface area contributed by atoms with Gasteiger partial charge in [-0.3, -0.25) is 14.4 Å². The van der Waals surface area contributed by atoms with Crippen LogP contribution in [0.3, 0.4) is 0 Å². The Bertz CT molecular complexity index is 1410. The summed E-state index contributed by atoms with van der Waals surface area (Å²) in [5.74, 6) is -0.861. The first-order valence-electron chi connectivity index (χ1n) is 9.87. The fourth-order valence-corrected chi connectivity index (χ4v) is 4.01. The van der Waals surface area contributed by atoms with Crippen LogP contribution in [0.4, 0.5) is 11.4 Å². The van der Waals surface area contributed by atoms with Gasteiger partial charge in [0, 0.05) is 16.3 Å². The molecule has 0 saturated carbocycles. The molecule has 0 spiro atoms. The van der Waals surface area contributed by atoms with Crippen LogP contribution in [0.2, 0.25) is 10.0 Å². The number of carbonyl (C=O) groups excluding carboxylic acids is 3. The van der Waals surface area contributed by atoms with Crippen molar-refractivity contribution in [3.63, 3.8) is 0 Å². The highest BCUT2D eigenvalue weighted by Crippen LogP contribution is 2.33. The van der Waals surface area contributed by atoms with E-state index < -0.39 is 17.7 Å². The molecule has 0 aliphatic carbocycles. The van der Waals surface area contributed by atoms with Crippen LogP contribution in [0, 0.1) is 0 Å². The van der Waals surface area contributed by atoms with E-state index in [2.05, 4.69) is 5.32 Å². The van der Waals surface area contributed by atoms with Crippen molar-refractivity contribution in [2.45, 2.75) is 0 Å². The van der Waals surface area contributed by atoms with Crippen LogP contribution in [-0.4, -0.2) is 17.7 Å². The number of benzene rings is 3. The minimum atomic E-state index is -0.501. The molecule has 0 saturated heterocycles. The number of amides is 3. The molecule has 3 aromatic carbocycles. The first-order chi connectivity index (χ1) is 15.9. The first-order valence-corrected chi connectivity index (χ1v) is 10.6. The van der Waals surface area contributed by atoms with Gasteiger partial charge in [0.25, 0.3) is 17.7 Å². The monoisotopic (exact) mass is 476 g/mol. The SMILES string of the molecule is O=C(Nc1cccc(N2C(=O)c3ccccc3C2=O)c1)c1ccc(-c2cc(Cl)ccc2Cl)o1. The normalized spacial score (nSPS) is 12.7. The summed E-state index contributed by atoms with van der Waals surface area (Å²) in [6.07, 6.45) is 0. The van der Waals surface area contributed by atoms with E-state index >= 15 is 0 Å². The molecule has 6 nitrogen and oxygen atoms in total. The van der Waals surface area contributed by atoms with E-state index in [9.17, 15) is 14.4 Å². The summed E-state index contributed by atoms with van der Waals surface area (Å²) >= 11 is 12.2. The Balaban J connectivity index is 1.37. The fraction of sp³-hybridized carbons (Fsp3) is 0. The Hall–Kier alpha value is -3.87. The number of carbonyl (C=O) groups is 3. The second-order valence-electron chi connectivity index (χ2n) is 7.28. The van der Waals surface area contributed by atoms with Gasteiger partial charge >= 0.3 is 0 Å². The second kappa shape index (κ2) is 8.24. The minimum absolute atomic E-state index is 0.0622. The Morgan fingerprint density at radius 3 is 2.24 bits per heavy atom. The molecular weight excluding hydrogens is 463 g/mol. The summed E-state index contributed by atoms with van der Waals surface area (Å²) in [5, 5.41) is 3.65. The Kier molecular flexibility index (Phi) is 5.24. The molecule has 0 unspecified atom stereocenters. The van der Waals surface area contributed by atoms with Crippen LogP contribution in [0.1, 0.15) is 31.3 Å². The third-order valence-electron chi connectivity index (χ3n) is 5.18. The number of anilines is 2. The maximum absolute atomic E-state index is 12.7. The van der Waals surface area contributed by atoms with Gasteiger partial charge in [0.1, 0.15) is 5.76 Å². The minimum Gasteiger partial charge on any atom is -0.451 e. The van der Waals surface area contributed by atoms with Gasteiger partial charge in [-0.15, -0.1) is 0 Å². The summed E-state index contributed by atoms with van der Waals surface area (Å²) in [6.45, 7) is 0. The van der Waals surface area contributed by atoms with Crippen molar-refractivity contribution in [3.8, 4) is 11.3 Å². The predicted octanol–water partition coefficient (Wildman–Crippen LogP) is 6.31. The molecule has 8 heteroatoms. The lowest BCUT2D eigenvalue weighted by atomic mass is 10.1. The molecule has 0 fully saturated rings. The van der Waals surface area contributed by atoms with Crippen molar-refractivity contribution < 1.29 is 18.8 Å². The van der Waals surface area contributed by atoms with E-state index in [1.54, 1.807) is 72.8 Å². The molecule has 1 aromatic heterocycles. The molecular formula is C25H14Cl2N2O4. The maximum atomic E-state index is 12.7. The topological polar surface area (TPSA) is 79.6 Å². The van der Waals surface area contributed by atoms with Gasteiger partial charge in [-0.25, -0.2) is 4.90 Å². The van der Waals surface area contributed by atoms with E-state index in [0.717, 1.165) is 4.90 Å². The molecule has 162 valence electrons. The van der Waals surface area contributed by atoms with Gasteiger partial charge in [0.15, 0.2) is 5.76 Å². The highest BCUT2D eigenvalue weighted by molar-refractivity contribution is 6.35. The lowest BCUT2D eigenvalue weighted by Crippen LogP contribution is -2.29. The van der Waals surface area contributed by atoms with Gasteiger partial charge in [0.05, 0.1) is 21.8 Å². The molecule has 4 aromatic rings.